The number of pyridine rings is 1. The van der Waals surface area contributed by atoms with Crippen LogP contribution in [0, 0.1) is 13.8 Å². The van der Waals surface area contributed by atoms with Gasteiger partial charge in [-0.15, -0.1) is 0 Å². The number of esters is 1. The number of urea groups is 1. The summed E-state index contributed by atoms with van der Waals surface area (Å²) in [6.45, 7) is 5.51. The summed E-state index contributed by atoms with van der Waals surface area (Å²) in [7, 11) is 0. The van der Waals surface area contributed by atoms with E-state index in [1.54, 1.807) is 57.2 Å². The summed E-state index contributed by atoms with van der Waals surface area (Å²) in [5.74, 6) is -1.57. The molecule has 142 valence electrons. The van der Waals surface area contributed by atoms with Crippen molar-refractivity contribution in [2.45, 2.75) is 26.9 Å². The van der Waals surface area contributed by atoms with Crippen LogP contribution in [0.2, 0.25) is 5.15 Å². The van der Waals surface area contributed by atoms with Gasteiger partial charge in [0.25, 0.3) is 5.91 Å². The number of hydrogen-bond acceptors (Lipinski definition) is 5. The van der Waals surface area contributed by atoms with Crippen LogP contribution in [-0.2, 0) is 9.53 Å². The van der Waals surface area contributed by atoms with E-state index in [-0.39, 0.29) is 10.7 Å². The van der Waals surface area contributed by atoms with Crippen molar-refractivity contribution in [3.63, 3.8) is 0 Å². The number of carbonyl (C=O) groups excluding carboxylic acids is 3. The molecule has 0 aliphatic rings. The molecule has 0 aliphatic heterocycles. The van der Waals surface area contributed by atoms with Crippen LogP contribution in [0.5, 0.6) is 0 Å². The standard InChI is InChI=1S/C19H20ClN3O4/c1-4-21-19(26)23-17(24)15(13-8-6-5-7-9-13)27-18(25)14-11(2)10-12(3)22-16(14)20/h5-10,15H,4H2,1-3H3,(H2,21,23,24,26)/t15-/m1/s1. The molecule has 0 radical (unpaired) electrons. The Morgan fingerprint density at radius 2 is 1.85 bits per heavy atom. The van der Waals surface area contributed by atoms with Crippen molar-refractivity contribution in [2.24, 2.45) is 0 Å². The van der Waals surface area contributed by atoms with Crippen molar-refractivity contribution in [3.05, 3.63) is 63.9 Å². The van der Waals surface area contributed by atoms with Crippen LogP contribution in [0.25, 0.3) is 0 Å². The molecular weight excluding hydrogens is 370 g/mol. The Hall–Kier alpha value is -2.93. The van der Waals surface area contributed by atoms with Crippen molar-refractivity contribution in [1.29, 1.82) is 0 Å². The second-order valence-corrected chi connectivity index (χ2v) is 6.15. The van der Waals surface area contributed by atoms with E-state index >= 15 is 0 Å². The highest BCUT2D eigenvalue weighted by atomic mass is 35.5. The lowest BCUT2D eigenvalue weighted by atomic mass is 10.1. The van der Waals surface area contributed by atoms with Crippen molar-refractivity contribution in [1.82, 2.24) is 15.6 Å². The Bertz CT molecular complexity index is 832. The van der Waals surface area contributed by atoms with Crippen molar-refractivity contribution < 1.29 is 19.1 Å². The monoisotopic (exact) mass is 389 g/mol. The number of amides is 3. The second-order valence-electron chi connectivity index (χ2n) is 5.79. The predicted molar refractivity (Wildman–Crippen MR) is 101 cm³/mol. The summed E-state index contributed by atoms with van der Waals surface area (Å²) in [6, 6.07) is 9.41. The van der Waals surface area contributed by atoms with Crippen LogP contribution in [0.4, 0.5) is 4.79 Å². The number of hydrogen-bond donors (Lipinski definition) is 2. The molecule has 1 aromatic carbocycles. The van der Waals surface area contributed by atoms with Crippen molar-refractivity contribution in [2.75, 3.05) is 6.54 Å². The Morgan fingerprint density at radius 1 is 1.19 bits per heavy atom. The zero-order chi connectivity index (χ0) is 20.0. The first-order valence-electron chi connectivity index (χ1n) is 8.31. The van der Waals surface area contributed by atoms with Gasteiger partial charge >= 0.3 is 12.0 Å². The fourth-order valence-electron chi connectivity index (χ4n) is 2.49. The van der Waals surface area contributed by atoms with E-state index in [2.05, 4.69) is 15.6 Å². The summed E-state index contributed by atoms with van der Waals surface area (Å²) in [5, 5.41) is 4.60. The minimum absolute atomic E-state index is 0.00607. The molecular formula is C19H20ClN3O4. The molecule has 0 aliphatic carbocycles. The van der Waals surface area contributed by atoms with Gasteiger partial charge in [-0.05, 0) is 32.4 Å². The Kier molecular flexibility index (Phi) is 6.90. The molecule has 1 atom stereocenters. The molecule has 1 heterocycles. The highest BCUT2D eigenvalue weighted by Crippen LogP contribution is 2.24. The SMILES string of the molecule is CCNC(=O)NC(=O)[C@H](OC(=O)c1c(C)cc(C)nc1Cl)c1ccccc1. The van der Waals surface area contributed by atoms with Gasteiger partial charge in [0.15, 0.2) is 0 Å². The zero-order valence-corrected chi connectivity index (χ0v) is 16.0. The highest BCUT2D eigenvalue weighted by molar-refractivity contribution is 6.32. The topological polar surface area (TPSA) is 97.4 Å². The average Bonchev–Trinajstić information content (AvgIpc) is 2.59. The van der Waals surface area contributed by atoms with Crippen LogP contribution in [0.15, 0.2) is 36.4 Å². The molecule has 2 rings (SSSR count). The number of nitrogens with zero attached hydrogens (tertiary/aromatic N) is 1. The van der Waals surface area contributed by atoms with Gasteiger partial charge in [-0.1, -0.05) is 41.9 Å². The van der Waals surface area contributed by atoms with E-state index in [0.717, 1.165) is 0 Å². The normalized spacial score (nSPS) is 11.4. The first-order chi connectivity index (χ1) is 12.8. The summed E-state index contributed by atoms with van der Waals surface area (Å²) in [5.41, 5.74) is 1.73. The van der Waals surface area contributed by atoms with E-state index in [0.29, 0.717) is 23.4 Å². The van der Waals surface area contributed by atoms with E-state index in [4.69, 9.17) is 16.3 Å². The third-order valence-corrected chi connectivity index (χ3v) is 3.92. The van der Waals surface area contributed by atoms with E-state index in [9.17, 15) is 14.4 Å². The quantitative estimate of drug-likeness (QED) is 0.605. The lowest BCUT2D eigenvalue weighted by Crippen LogP contribution is -2.42. The number of nitrogens with one attached hydrogen (secondary N) is 2. The minimum atomic E-state index is -1.32. The predicted octanol–water partition coefficient (Wildman–Crippen LogP) is 3.10. The van der Waals surface area contributed by atoms with Gasteiger partial charge < -0.3 is 10.1 Å². The number of imide groups is 1. The van der Waals surface area contributed by atoms with E-state index in [1.807, 2.05) is 0 Å². The molecule has 7 nitrogen and oxygen atoms in total. The van der Waals surface area contributed by atoms with Gasteiger partial charge in [0.2, 0.25) is 6.10 Å². The summed E-state index contributed by atoms with van der Waals surface area (Å²) in [6.07, 6.45) is -1.32. The highest BCUT2D eigenvalue weighted by Gasteiger charge is 2.28. The molecule has 8 heteroatoms. The van der Waals surface area contributed by atoms with E-state index < -0.39 is 24.0 Å². The smallest absolute Gasteiger partial charge is 0.342 e. The fourth-order valence-corrected chi connectivity index (χ4v) is 2.84. The van der Waals surface area contributed by atoms with Crippen LogP contribution < -0.4 is 10.6 Å². The fraction of sp³-hybridized carbons (Fsp3) is 0.263. The third-order valence-electron chi connectivity index (χ3n) is 3.64. The maximum Gasteiger partial charge on any atom is 0.342 e. The van der Waals surface area contributed by atoms with Gasteiger partial charge in [0.05, 0.1) is 5.56 Å². The van der Waals surface area contributed by atoms with Gasteiger partial charge in [0, 0.05) is 17.8 Å². The lowest BCUT2D eigenvalue weighted by Gasteiger charge is -2.18. The van der Waals surface area contributed by atoms with Gasteiger partial charge in [-0.2, -0.15) is 0 Å². The Labute approximate surface area is 162 Å². The number of aryl methyl sites for hydroxylation is 2. The number of ether oxygens (including phenoxy) is 1. The molecule has 2 aromatic rings. The molecule has 0 saturated heterocycles. The molecule has 3 amide bonds. The van der Waals surface area contributed by atoms with Crippen molar-refractivity contribution in [3.8, 4) is 0 Å². The first-order valence-corrected chi connectivity index (χ1v) is 8.69. The van der Waals surface area contributed by atoms with Crippen molar-refractivity contribution >= 4 is 29.5 Å². The molecule has 1 aromatic heterocycles. The summed E-state index contributed by atoms with van der Waals surface area (Å²) >= 11 is 6.09. The first kappa shape index (κ1) is 20.4. The minimum Gasteiger partial charge on any atom is -0.444 e. The average molecular weight is 390 g/mol. The van der Waals surface area contributed by atoms with Crippen LogP contribution in [0.1, 0.15) is 40.2 Å². The van der Waals surface area contributed by atoms with Gasteiger partial charge in [0.1, 0.15) is 5.15 Å². The second kappa shape index (κ2) is 9.14. The molecule has 0 unspecified atom stereocenters. The maximum absolute atomic E-state index is 12.7. The molecule has 0 bridgehead atoms. The Morgan fingerprint density at radius 3 is 2.44 bits per heavy atom. The Balaban J connectivity index is 2.31. The maximum atomic E-state index is 12.7. The van der Waals surface area contributed by atoms with Gasteiger partial charge in [-0.25, -0.2) is 14.6 Å². The number of aromatic nitrogens is 1. The van der Waals surface area contributed by atoms with Crippen LogP contribution >= 0.6 is 11.6 Å². The van der Waals surface area contributed by atoms with Crippen LogP contribution in [-0.4, -0.2) is 29.4 Å². The number of benzene rings is 1. The third kappa shape index (κ3) is 5.27. The number of halogens is 1. The van der Waals surface area contributed by atoms with Gasteiger partial charge in [-0.3, -0.25) is 10.1 Å². The summed E-state index contributed by atoms with van der Waals surface area (Å²) in [4.78, 5) is 40.9. The largest absolute Gasteiger partial charge is 0.444 e. The molecule has 2 N–H and O–H groups in total. The van der Waals surface area contributed by atoms with E-state index in [1.165, 1.54) is 0 Å². The summed E-state index contributed by atoms with van der Waals surface area (Å²) < 4.78 is 5.41. The number of carbonyl (C=O) groups is 3. The number of rotatable bonds is 5. The molecule has 0 saturated carbocycles. The van der Waals surface area contributed by atoms with Crippen LogP contribution in [0.3, 0.4) is 0 Å². The molecule has 0 fully saturated rings. The molecule has 0 spiro atoms. The molecule has 27 heavy (non-hydrogen) atoms. The zero-order valence-electron chi connectivity index (χ0n) is 15.2. The lowest BCUT2D eigenvalue weighted by molar-refractivity contribution is -0.129.